The van der Waals surface area contributed by atoms with Crippen molar-refractivity contribution in [3.8, 4) is 11.8 Å². The molecule has 0 aromatic carbocycles. The van der Waals surface area contributed by atoms with Crippen molar-refractivity contribution in [2.45, 2.75) is 51.7 Å². The van der Waals surface area contributed by atoms with Gasteiger partial charge in [0.15, 0.2) is 5.75 Å². The van der Waals surface area contributed by atoms with E-state index in [1.54, 1.807) is 0 Å². The van der Waals surface area contributed by atoms with Gasteiger partial charge in [0, 0.05) is 6.04 Å². The van der Waals surface area contributed by atoms with Crippen LogP contribution in [0, 0.1) is 23.2 Å². The van der Waals surface area contributed by atoms with Crippen LogP contribution in [0.4, 0.5) is 10.7 Å². The van der Waals surface area contributed by atoms with Gasteiger partial charge in [-0.05, 0) is 51.4 Å². The average Bonchev–Trinajstić information content (AvgIpc) is 3.28. The molecule has 4 nitrogen and oxygen atoms in total. The number of anilines is 2. The molecule has 0 aliphatic heterocycles. The van der Waals surface area contributed by atoms with Gasteiger partial charge < -0.3 is 15.8 Å². The van der Waals surface area contributed by atoms with Crippen molar-refractivity contribution >= 4 is 22.0 Å². The Kier molecular flexibility index (Phi) is 3.51. The molecule has 0 spiro atoms. The van der Waals surface area contributed by atoms with Crippen LogP contribution in [0.1, 0.15) is 44.4 Å². The van der Waals surface area contributed by atoms with Crippen LogP contribution < -0.4 is 15.8 Å². The summed E-state index contributed by atoms with van der Waals surface area (Å²) in [4.78, 5) is 0.550. The number of nitrogens with one attached hydrogen (secondary N) is 1. The van der Waals surface area contributed by atoms with E-state index in [1.165, 1.54) is 37.0 Å². The number of hydrogen-bond donors (Lipinski definition) is 2. The van der Waals surface area contributed by atoms with Crippen LogP contribution in [0.25, 0.3) is 0 Å². The maximum atomic E-state index is 9.16. The Morgan fingerprint density at radius 3 is 2.35 bits per heavy atom. The maximum absolute atomic E-state index is 9.16. The zero-order valence-electron chi connectivity index (χ0n) is 12.0. The minimum atomic E-state index is 0.0549. The lowest BCUT2D eigenvalue weighted by molar-refractivity contribution is 0.245. The number of ether oxygens (including phenoxy) is 1. The molecular formula is C15H21N3OS. The second kappa shape index (κ2) is 5.17. The third-order valence-electron chi connectivity index (χ3n) is 3.91. The van der Waals surface area contributed by atoms with Gasteiger partial charge in [0.2, 0.25) is 0 Å². The van der Waals surface area contributed by atoms with E-state index in [0.717, 1.165) is 16.8 Å². The van der Waals surface area contributed by atoms with E-state index in [-0.39, 0.29) is 6.10 Å². The summed E-state index contributed by atoms with van der Waals surface area (Å²) < 4.78 is 5.83. The van der Waals surface area contributed by atoms with E-state index < -0.39 is 0 Å². The van der Waals surface area contributed by atoms with E-state index in [2.05, 4.69) is 11.4 Å². The number of rotatable bonds is 6. The first-order chi connectivity index (χ1) is 9.60. The van der Waals surface area contributed by atoms with Crippen LogP contribution in [0.5, 0.6) is 5.75 Å². The smallest absolute Gasteiger partial charge is 0.178 e. The molecule has 2 saturated carbocycles. The molecule has 0 atom stereocenters. The Morgan fingerprint density at radius 2 is 1.90 bits per heavy atom. The first-order valence-electron chi connectivity index (χ1n) is 7.35. The van der Waals surface area contributed by atoms with Crippen molar-refractivity contribution < 1.29 is 4.74 Å². The summed E-state index contributed by atoms with van der Waals surface area (Å²) in [6.07, 6.45) is 5.33. The van der Waals surface area contributed by atoms with Gasteiger partial charge in [0.05, 0.1) is 6.10 Å². The lowest BCUT2D eigenvalue weighted by atomic mass is 10.1. The summed E-state index contributed by atoms with van der Waals surface area (Å²) >= 11 is 1.42. The number of nitriles is 1. The van der Waals surface area contributed by atoms with Crippen molar-refractivity contribution in [2.24, 2.45) is 11.8 Å². The molecule has 0 unspecified atom stereocenters. The number of nitrogen functional groups attached to an aromatic ring is 1. The Hall–Kier alpha value is -1.41. The topological polar surface area (TPSA) is 71.1 Å². The third kappa shape index (κ3) is 2.71. The van der Waals surface area contributed by atoms with Gasteiger partial charge in [-0.1, -0.05) is 0 Å². The summed E-state index contributed by atoms with van der Waals surface area (Å²) in [6.45, 7) is 3.96. The van der Waals surface area contributed by atoms with Gasteiger partial charge in [0.1, 0.15) is 21.6 Å². The number of nitrogens with zero attached hydrogens (tertiary/aromatic N) is 1. The van der Waals surface area contributed by atoms with Gasteiger partial charge in [-0.15, -0.1) is 11.3 Å². The first kappa shape index (κ1) is 13.6. The molecule has 1 heterocycles. The fourth-order valence-electron chi connectivity index (χ4n) is 2.64. The number of thiophene rings is 1. The molecule has 108 valence electrons. The van der Waals surface area contributed by atoms with E-state index in [0.29, 0.717) is 22.4 Å². The predicted molar refractivity (Wildman–Crippen MR) is 82.1 cm³/mol. The summed E-state index contributed by atoms with van der Waals surface area (Å²) in [6, 6.07) is 2.70. The molecule has 0 radical (unpaired) electrons. The second-order valence-electron chi connectivity index (χ2n) is 6.13. The van der Waals surface area contributed by atoms with Crippen molar-refractivity contribution in [3.63, 3.8) is 0 Å². The summed E-state index contributed by atoms with van der Waals surface area (Å²) in [5.41, 5.74) is 6.53. The molecular weight excluding hydrogens is 270 g/mol. The Morgan fingerprint density at radius 1 is 1.30 bits per heavy atom. The third-order valence-corrected chi connectivity index (χ3v) is 4.93. The van der Waals surface area contributed by atoms with Crippen molar-refractivity contribution in [1.29, 1.82) is 5.26 Å². The minimum Gasteiger partial charge on any atom is -0.486 e. The van der Waals surface area contributed by atoms with Crippen LogP contribution in [0.2, 0.25) is 0 Å². The van der Waals surface area contributed by atoms with Crippen molar-refractivity contribution in [1.82, 2.24) is 0 Å². The molecule has 1 aromatic heterocycles. The summed E-state index contributed by atoms with van der Waals surface area (Å²) in [7, 11) is 0. The Balaban J connectivity index is 1.85. The monoisotopic (exact) mass is 291 g/mol. The molecule has 20 heavy (non-hydrogen) atoms. The van der Waals surface area contributed by atoms with E-state index in [1.807, 2.05) is 13.8 Å². The molecule has 2 aliphatic rings. The van der Waals surface area contributed by atoms with Crippen molar-refractivity contribution in [2.75, 3.05) is 11.1 Å². The maximum Gasteiger partial charge on any atom is 0.178 e. The standard InChI is InChI=1S/C15H21N3OS/c1-8(2)19-14-12(17)11(7-16)20-15(14)18-13(9-3-4-9)10-5-6-10/h8-10,13,18H,3-6,17H2,1-2H3. The molecule has 3 N–H and O–H groups in total. The Bertz CT molecular complexity index is 526. The molecule has 2 fully saturated rings. The minimum absolute atomic E-state index is 0.0549. The fourth-order valence-corrected chi connectivity index (χ4v) is 3.54. The molecule has 0 bridgehead atoms. The summed E-state index contributed by atoms with van der Waals surface area (Å²) in [5, 5.41) is 13.7. The van der Waals surface area contributed by atoms with Gasteiger partial charge in [-0.2, -0.15) is 5.26 Å². The highest BCUT2D eigenvalue weighted by Crippen LogP contribution is 2.49. The number of hydrogen-bond acceptors (Lipinski definition) is 5. The highest BCUT2D eigenvalue weighted by atomic mass is 32.1. The largest absolute Gasteiger partial charge is 0.486 e. The predicted octanol–water partition coefficient (Wildman–Crippen LogP) is 3.59. The first-order valence-corrected chi connectivity index (χ1v) is 8.17. The van der Waals surface area contributed by atoms with Crippen LogP contribution in [0.15, 0.2) is 0 Å². The second-order valence-corrected chi connectivity index (χ2v) is 7.15. The normalized spacial score (nSPS) is 18.4. The lowest BCUT2D eigenvalue weighted by Gasteiger charge is -2.20. The lowest BCUT2D eigenvalue weighted by Crippen LogP contribution is -2.24. The highest BCUT2D eigenvalue weighted by Gasteiger charge is 2.42. The molecule has 2 aliphatic carbocycles. The molecule has 0 amide bonds. The van der Waals surface area contributed by atoms with Crippen LogP contribution in [-0.2, 0) is 0 Å². The molecule has 0 saturated heterocycles. The van der Waals surface area contributed by atoms with Crippen molar-refractivity contribution in [3.05, 3.63) is 4.88 Å². The molecule has 3 rings (SSSR count). The summed E-state index contributed by atoms with van der Waals surface area (Å²) in [5.74, 6) is 2.26. The van der Waals surface area contributed by atoms with Crippen LogP contribution >= 0.6 is 11.3 Å². The quantitative estimate of drug-likeness (QED) is 0.840. The molecule has 1 aromatic rings. The molecule has 5 heteroatoms. The van der Waals surface area contributed by atoms with Gasteiger partial charge in [-0.25, -0.2) is 0 Å². The van der Waals surface area contributed by atoms with Crippen LogP contribution in [-0.4, -0.2) is 12.1 Å². The number of nitrogens with two attached hydrogens (primary N) is 1. The SMILES string of the molecule is CC(C)Oc1c(NC(C2CC2)C2CC2)sc(C#N)c1N. The zero-order chi connectivity index (χ0) is 14.3. The highest BCUT2D eigenvalue weighted by molar-refractivity contribution is 7.17. The van der Waals surface area contributed by atoms with E-state index in [9.17, 15) is 0 Å². The van der Waals surface area contributed by atoms with E-state index in [4.69, 9.17) is 15.7 Å². The van der Waals surface area contributed by atoms with Gasteiger partial charge in [0.25, 0.3) is 0 Å². The van der Waals surface area contributed by atoms with E-state index >= 15 is 0 Å². The Labute approximate surface area is 123 Å². The van der Waals surface area contributed by atoms with Crippen LogP contribution in [0.3, 0.4) is 0 Å². The zero-order valence-corrected chi connectivity index (χ0v) is 12.8. The fraction of sp³-hybridized carbons (Fsp3) is 0.667. The van der Waals surface area contributed by atoms with Gasteiger partial charge in [-0.3, -0.25) is 0 Å². The van der Waals surface area contributed by atoms with Gasteiger partial charge >= 0.3 is 0 Å². The average molecular weight is 291 g/mol.